The Morgan fingerprint density at radius 2 is 1.79 bits per heavy atom. The van der Waals surface area contributed by atoms with Gasteiger partial charge in [0.25, 0.3) is 0 Å². The third kappa shape index (κ3) is 4.43. The molecule has 2 nitrogen and oxygen atoms in total. The average Bonchev–Trinajstić information content (AvgIpc) is 3.11. The highest BCUT2D eigenvalue weighted by Gasteiger charge is 2.59. The zero-order chi connectivity index (χ0) is 24.2. The molecule has 4 aliphatic carbocycles. The van der Waals surface area contributed by atoms with Gasteiger partial charge in [0.15, 0.2) is 0 Å². The van der Waals surface area contributed by atoms with Crippen LogP contribution in [0.3, 0.4) is 0 Å². The van der Waals surface area contributed by atoms with Gasteiger partial charge in [-0.05, 0) is 105 Å². The van der Waals surface area contributed by atoms with E-state index in [1.54, 1.807) is 0 Å². The Balaban J connectivity index is 1.43. The molecule has 0 unspecified atom stereocenters. The van der Waals surface area contributed by atoms with Crippen molar-refractivity contribution >= 4 is 0 Å². The molecule has 0 heterocycles. The zero-order valence-electron chi connectivity index (χ0n) is 21.1. The molecule has 0 radical (unpaired) electrons. The summed E-state index contributed by atoms with van der Waals surface area (Å²) in [7, 11) is 0. The van der Waals surface area contributed by atoms with Crippen LogP contribution in [0.2, 0.25) is 0 Å². The number of aliphatic hydroxyl groups is 2. The van der Waals surface area contributed by atoms with Crippen LogP contribution in [0.5, 0.6) is 0 Å². The summed E-state index contributed by atoms with van der Waals surface area (Å²) in [6, 6.07) is 0. The van der Waals surface area contributed by atoms with E-state index in [9.17, 15) is 23.4 Å². The third-order valence-corrected chi connectivity index (χ3v) is 11.2. The Labute approximate surface area is 198 Å². The number of hydrogen-bond donors (Lipinski definition) is 2. The maximum Gasteiger partial charge on any atom is 0.414 e. The molecule has 0 spiro atoms. The summed E-state index contributed by atoms with van der Waals surface area (Å²) in [4.78, 5) is 0. The Hall–Kier alpha value is -0.550. The van der Waals surface area contributed by atoms with Crippen LogP contribution < -0.4 is 0 Å². The second-order valence-corrected chi connectivity index (χ2v) is 12.7. The molecule has 0 aromatic heterocycles. The van der Waals surface area contributed by atoms with Gasteiger partial charge in [-0.2, -0.15) is 13.2 Å². The minimum absolute atomic E-state index is 0.179. The van der Waals surface area contributed by atoms with Gasteiger partial charge >= 0.3 is 6.18 Å². The summed E-state index contributed by atoms with van der Waals surface area (Å²) in [6.07, 6.45) is 6.54. The van der Waals surface area contributed by atoms with Gasteiger partial charge in [-0.15, -0.1) is 0 Å². The van der Waals surface area contributed by atoms with Gasteiger partial charge in [0, 0.05) is 0 Å². The molecule has 3 saturated carbocycles. The first-order valence-corrected chi connectivity index (χ1v) is 13.5. The molecule has 0 amide bonds. The molecule has 0 bridgehead atoms. The van der Waals surface area contributed by atoms with Crippen molar-refractivity contribution in [2.75, 3.05) is 0 Å². The molecule has 9 atom stereocenters. The highest BCUT2D eigenvalue weighted by molar-refractivity contribution is 5.27. The van der Waals surface area contributed by atoms with Gasteiger partial charge in [0.2, 0.25) is 0 Å². The summed E-state index contributed by atoms with van der Waals surface area (Å²) >= 11 is 0. The highest BCUT2D eigenvalue weighted by atomic mass is 19.4. The fourth-order valence-corrected chi connectivity index (χ4v) is 8.99. The minimum atomic E-state index is -4.50. The Bertz CT molecular complexity index is 748. The molecule has 3 fully saturated rings. The van der Waals surface area contributed by atoms with Crippen LogP contribution in [0.1, 0.15) is 105 Å². The number of allylic oxidation sites excluding steroid dienone is 1. The van der Waals surface area contributed by atoms with Crippen LogP contribution in [0.25, 0.3) is 0 Å². The van der Waals surface area contributed by atoms with Gasteiger partial charge in [-0.3, -0.25) is 0 Å². The van der Waals surface area contributed by atoms with Crippen molar-refractivity contribution in [1.29, 1.82) is 0 Å². The molecule has 2 N–H and O–H groups in total. The van der Waals surface area contributed by atoms with E-state index in [0.29, 0.717) is 36.0 Å². The van der Waals surface area contributed by atoms with Crippen molar-refractivity contribution in [2.45, 2.75) is 123 Å². The summed E-state index contributed by atoms with van der Waals surface area (Å²) < 4.78 is 38.0. The molecule has 0 aromatic carbocycles. The van der Waals surface area contributed by atoms with E-state index in [1.807, 2.05) is 0 Å². The summed E-state index contributed by atoms with van der Waals surface area (Å²) in [5.41, 5.74) is 1.50. The molecule has 190 valence electrons. The molecule has 4 rings (SSSR count). The summed E-state index contributed by atoms with van der Waals surface area (Å²) in [5.74, 6) is 3.08. The molecule has 0 saturated heterocycles. The molecule has 5 heteroatoms. The van der Waals surface area contributed by atoms with E-state index in [-0.39, 0.29) is 17.3 Å². The molecular weight excluding hydrogens is 425 g/mol. The Morgan fingerprint density at radius 1 is 1.06 bits per heavy atom. The van der Waals surface area contributed by atoms with E-state index in [1.165, 1.54) is 31.3 Å². The van der Waals surface area contributed by atoms with Crippen molar-refractivity contribution in [2.24, 2.45) is 40.4 Å². The predicted octanol–water partition coefficient (Wildman–Crippen LogP) is 7.44. The minimum Gasteiger partial charge on any atom is -0.390 e. The first-order valence-electron chi connectivity index (χ1n) is 13.5. The Morgan fingerprint density at radius 3 is 2.45 bits per heavy atom. The van der Waals surface area contributed by atoms with Crippen molar-refractivity contribution in [3.05, 3.63) is 11.6 Å². The van der Waals surface area contributed by atoms with E-state index < -0.39 is 17.9 Å². The first kappa shape index (κ1) is 25.5. The normalized spacial score (nSPS) is 44.9. The van der Waals surface area contributed by atoms with Gasteiger partial charge in [-0.1, -0.05) is 52.2 Å². The lowest BCUT2D eigenvalue weighted by Gasteiger charge is -2.59. The van der Waals surface area contributed by atoms with Gasteiger partial charge in [0.1, 0.15) is 6.10 Å². The highest BCUT2D eigenvalue weighted by Crippen LogP contribution is 2.67. The predicted molar refractivity (Wildman–Crippen MR) is 126 cm³/mol. The van der Waals surface area contributed by atoms with Crippen LogP contribution in [0, 0.1) is 40.4 Å². The maximum absolute atomic E-state index is 12.7. The largest absolute Gasteiger partial charge is 0.414 e. The van der Waals surface area contributed by atoms with Crippen LogP contribution in [-0.4, -0.2) is 28.1 Å². The van der Waals surface area contributed by atoms with Crippen LogP contribution >= 0.6 is 0 Å². The van der Waals surface area contributed by atoms with E-state index in [0.717, 1.165) is 38.5 Å². The molecule has 0 aliphatic heterocycles. The second-order valence-electron chi connectivity index (χ2n) is 12.7. The van der Waals surface area contributed by atoms with Crippen molar-refractivity contribution < 1.29 is 23.4 Å². The molecular formula is C28H45F3O2. The fourth-order valence-electron chi connectivity index (χ4n) is 8.99. The first-order chi connectivity index (χ1) is 15.3. The number of hydrogen-bond acceptors (Lipinski definition) is 2. The molecule has 4 aliphatic rings. The molecule has 0 aromatic rings. The van der Waals surface area contributed by atoms with E-state index >= 15 is 0 Å². The number of halogens is 3. The van der Waals surface area contributed by atoms with Crippen LogP contribution in [0.4, 0.5) is 13.2 Å². The topological polar surface area (TPSA) is 40.5 Å². The smallest absolute Gasteiger partial charge is 0.390 e. The quantitative estimate of drug-likeness (QED) is 0.396. The maximum atomic E-state index is 12.7. The van der Waals surface area contributed by atoms with E-state index in [4.69, 9.17) is 0 Å². The number of alkyl halides is 3. The van der Waals surface area contributed by atoms with Crippen LogP contribution in [-0.2, 0) is 0 Å². The monoisotopic (exact) mass is 470 g/mol. The molecule has 33 heavy (non-hydrogen) atoms. The second kappa shape index (κ2) is 8.84. The lowest BCUT2D eigenvalue weighted by Crippen LogP contribution is -2.52. The number of aliphatic hydroxyl groups excluding tert-OH is 1. The SMILES string of the molecule is CC[C@]1(O)CC[C@@]2(C)C(=CC[C@H]3[C@@H]4CC[C@H]([C@H](C)CCC[C@@H](O)C(F)(F)F)[C@@]4(C)CC[C@@H]32)C1. The van der Waals surface area contributed by atoms with Crippen molar-refractivity contribution in [1.82, 2.24) is 0 Å². The number of fused-ring (bicyclic) bond motifs is 5. The average molecular weight is 471 g/mol. The van der Waals surface area contributed by atoms with Crippen LogP contribution in [0.15, 0.2) is 11.6 Å². The fraction of sp³-hybridized carbons (Fsp3) is 0.929. The van der Waals surface area contributed by atoms with Crippen molar-refractivity contribution in [3.63, 3.8) is 0 Å². The van der Waals surface area contributed by atoms with Gasteiger partial charge in [0.05, 0.1) is 5.60 Å². The summed E-state index contributed by atoms with van der Waals surface area (Å²) in [5, 5.41) is 20.3. The van der Waals surface area contributed by atoms with Gasteiger partial charge in [-0.25, -0.2) is 0 Å². The Kier molecular flexibility index (Phi) is 6.84. The lowest BCUT2D eigenvalue weighted by molar-refractivity contribution is -0.205. The standard InChI is InChI=1S/C28H45F3O2/c1-5-27(33)16-15-25(3)19(17-27)9-10-20-22-12-11-21(26(22,4)14-13-23(20)25)18(2)7-6-8-24(32)28(29,30)31/h9,18,20-24,32-33H,5-8,10-17H2,1-4H3/t18-,20+,21-,22+,23+,24-,25+,26-,27+/m1/s1. The third-order valence-electron chi connectivity index (χ3n) is 11.2. The number of rotatable bonds is 6. The summed E-state index contributed by atoms with van der Waals surface area (Å²) in [6.45, 7) is 9.28. The van der Waals surface area contributed by atoms with Gasteiger partial charge < -0.3 is 10.2 Å². The lowest BCUT2D eigenvalue weighted by atomic mass is 9.46. The zero-order valence-corrected chi connectivity index (χ0v) is 21.1. The van der Waals surface area contributed by atoms with Crippen molar-refractivity contribution in [3.8, 4) is 0 Å². The van der Waals surface area contributed by atoms with E-state index in [2.05, 4.69) is 33.8 Å².